The highest BCUT2D eigenvalue weighted by molar-refractivity contribution is 9.10. The Bertz CT molecular complexity index is 808. The van der Waals surface area contributed by atoms with Crippen LogP contribution in [0.2, 0.25) is 0 Å². The second kappa shape index (κ2) is 5.98. The smallest absolute Gasteiger partial charge is 0.176 e. The molecule has 0 unspecified atom stereocenters. The number of anilines is 2. The van der Waals surface area contributed by atoms with Gasteiger partial charge in [0, 0.05) is 4.47 Å². The van der Waals surface area contributed by atoms with Crippen LogP contribution in [0, 0.1) is 0 Å². The summed E-state index contributed by atoms with van der Waals surface area (Å²) in [6, 6.07) is 16.9. The Labute approximate surface area is 135 Å². The third-order valence-electron chi connectivity index (χ3n) is 3.01. The molecule has 0 aliphatic heterocycles. The van der Waals surface area contributed by atoms with Gasteiger partial charge in [-0.1, -0.05) is 34.1 Å². The third kappa shape index (κ3) is 2.84. The zero-order valence-corrected chi connectivity index (χ0v) is 13.1. The van der Waals surface area contributed by atoms with Crippen molar-refractivity contribution in [3.63, 3.8) is 0 Å². The van der Waals surface area contributed by atoms with E-state index in [4.69, 9.17) is 11.5 Å². The summed E-state index contributed by atoms with van der Waals surface area (Å²) in [5.41, 5.74) is 13.9. The first kappa shape index (κ1) is 14.3. The lowest BCUT2D eigenvalue weighted by atomic mass is 10.3. The van der Waals surface area contributed by atoms with Crippen LogP contribution in [-0.4, -0.2) is 9.78 Å². The molecule has 4 N–H and O–H groups in total. The van der Waals surface area contributed by atoms with Gasteiger partial charge in [0.1, 0.15) is 0 Å². The summed E-state index contributed by atoms with van der Waals surface area (Å²) in [6.07, 6.45) is 0. The van der Waals surface area contributed by atoms with Crippen LogP contribution in [0.25, 0.3) is 5.69 Å². The fourth-order valence-corrected chi connectivity index (χ4v) is 2.19. The van der Waals surface area contributed by atoms with E-state index in [2.05, 4.69) is 31.3 Å². The second-order valence-corrected chi connectivity index (χ2v) is 5.46. The molecule has 0 spiro atoms. The van der Waals surface area contributed by atoms with Crippen LogP contribution < -0.4 is 11.5 Å². The monoisotopic (exact) mass is 356 g/mol. The highest BCUT2D eigenvalue weighted by Crippen LogP contribution is 2.32. The van der Waals surface area contributed by atoms with Crippen molar-refractivity contribution in [1.82, 2.24) is 9.78 Å². The zero-order valence-electron chi connectivity index (χ0n) is 11.5. The highest BCUT2D eigenvalue weighted by atomic mass is 79.9. The quantitative estimate of drug-likeness (QED) is 0.687. The minimum absolute atomic E-state index is 0.236. The van der Waals surface area contributed by atoms with E-state index < -0.39 is 0 Å². The van der Waals surface area contributed by atoms with Gasteiger partial charge in [0.2, 0.25) is 0 Å². The lowest BCUT2D eigenvalue weighted by Crippen LogP contribution is -2.01. The van der Waals surface area contributed by atoms with Crippen molar-refractivity contribution in [2.75, 3.05) is 11.5 Å². The average molecular weight is 357 g/mol. The van der Waals surface area contributed by atoms with E-state index in [0.717, 1.165) is 15.8 Å². The van der Waals surface area contributed by atoms with E-state index >= 15 is 0 Å². The largest absolute Gasteiger partial charge is 0.382 e. The Balaban J connectivity index is 1.97. The Morgan fingerprint density at radius 3 is 2.27 bits per heavy atom. The molecular weight excluding hydrogens is 344 g/mol. The molecule has 3 rings (SSSR count). The van der Waals surface area contributed by atoms with Gasteiger partial charge in [-0.15, -0.1) is 10.2 Å². The molecule has 0 aliphatic rings. The van der Waals surface area contributed by atoms with Gasteiger partial charge in [0.25, 0.3) is 0 Å². The van der Waals surface area contributed by atoms with Gasteiger partial charge in [-0.3, -0.25) is 0 Å². The number of hydrogen-bond donors (Lipinski definition) is 2. The van der Waals surface area contributed by atoms with Crippen LogP contribution in [0.1, 0.15) is 0 Å². The minimum atomic E-state index is 0.236. The molecule has 0 saturated carbocycles. The van der Waals surface area contributed by atoms with Crippen LogP contribution in [0.15, 0.2) is 69.3 Å². The van der Waals surface area contributed by atoms with Crippen molar-refractivity contribution in [2.45, 2.75) is 0 Å². The molecule has 2 aromatic carbocycles. The summed E-state index contributed by atoms with van der Waals surface area (Å²) in [6.45, 7) is 0. The van der Waals surface area contributed by atoms with Crippen LogP contribution >= 0.6 is 15.9 Å². The molecule has 1 aromatic heterocycles. The molecule has 0 aliphatic carbocycles. The number of nitrogens with zero attached hydrogens (tertiary/aromatic N) is 4. The van der Waals surface area contributed by atoms with Crippen molar-refractivity contribution in [3.05, 3.63) is 59.1 Å². The third-order valence-corrected chi connectivity index (χ3v) is 3.54. The first-order valence-electron chi connectivity index (χ1n) is 6.52. The lowest BCUT2D eigenvalue weighted by Gasteiger charge is -2.03. The molecule has 0 atom stereocenters. The number of aromatic nitrogens is 2. The molecule has 0 fully saturated rings. The topological polar surface area (TPSA) is 94.6 Å². The van der Waals surface area contributed by atoms with Crippen LogP contribution in [-0.2, 0) is 0 Å². The highest BCUT2D eigenvalue weighted by Gasteiger charge is 2.14. The zero-order chi connectivity index (χ0) is 15.5. The van der Waals surface area contributed by atoms with Gasteiger partial charge in [-0.2, -0.15) is 5.11 Å². The fraction of sp³-hybridized carbons (Fsp3) is 0. The van der Waals surface area contributed by atoms with Crippen molar-refractivity contribution in [2.24, 2.45) is 10.2 Å². The molecule has 0 bridgehead atoms. The molecule has 1 heterocycles. The summed E-state index contributed by atoms with van der Waals surface area (Å²) in [5.74, 6) is 0.583. The number of hydrogen-bond acceptors (Lipinski definition) is 5. The summed E-state index contributed by atoms with van der Waals surface area (Å²) in [7, 11) is 0. The average Bonchev–Trinajstić information content (AvgIpc) is 2.82. The van der Waals surface area contributed by atoms with Crippen molar-refractivity contribution in [1.29, 1.82) is 0 Å². The Morgan fingerprint density at radius 1 is 0.909 bits per heavy atom. The molecular formula is C15H13BrN6. The Morgan fingerprint density at radius 2 is 1.59 bits per heavy atom. The fourth-order valence-electron chi connectivity index (χ4n) is 1.92. The van der Waals surface area contributed by atoms with Crippen molar-refractivity contribution >= 4 is 38.9 Å². The van der Waals surface area contributed by atoms with Gasteiger partial charge < -0.3 is 11.5 Å². The predicted molar refractivity (Wildman–Crippen MR) is 90.7 cm³/mol. The van der Waals surface area contributed by atoms with E-state index in [-0.39, 0.29) is 5.82 Å². The summed E-state index contributed by atoms with van der Waals surface area (Å²) < 4.78 is 2.51. The first-order chi connectivity index (χ1) is 10.6. The van der Waals surface area contributed by atoms with E-state index in [1.807, 2.05) is 54.6 Å². The molecule has 0 amide bonds. The first-order valence-corrected chi connectivity index (χ1v) is 7.31. The van der Waals surface area contributed by atoms with Crippen molar-refractivity contribution in [3.8, 4) is 5.69 Å². The van der Waals surface area contributed by atoms with Crippen LogP contribution in [0.3, 0.4) is 0 Å². The maximum absolute atomic E-state index is 6.09. The minimum Gasteiger partial charge on any atom is -0.382 e. The van der Waals surface area contributed by atoms with E-state index in [9.17, 15) is 0 Å². The number of nitrogens with two attached hydrogens (primary N) is 2. The normalized spacial score (nSPS) is 11.1. The molecule has 22 heavy (non-hydrogen) atoms. The summed E-state index contributed by atoms with van der Waals surface area (Å²) in [5, 5.41) is 12.5. The van der Waals surface area contributed by atoms with Crippen LogP contribution in [0.5, 0.6) is 0 Å². The van der Waals surface area contributed by atoms with Crippen molar-refractivity contribution < 1.29 is 0 Å². The van der Waals surface area contributed by atoms with Gasteiger partial charge in [0.05, 0.1) is 11.4 Å². The van der Waals surface area contributed by atoms with Gasteiger partial charge in [-0.05, 0) is 36.4 Å². The second-order valence-electron chi connectivity index (χ2n) is 4.54. The van der Waals surface area contributed by atoms with E-state index in [1.54, 1.807) is 4.68 Å². The standard InChI is InChI=1S/C15H13BrN6/c16-10-6-8-12(9-7-10)22-15(18)13(14(17)21-22)20-19-11-4-2-1-3-5-11/h1-9H,18H2,(H2,17,21)/b20-19+. The summed E-state index contributed by atoms with van der Waals surface area (Å²) in [4.78, 5) is 0. The number of azo groups is 1. The molecule has 6 nitrogen and oxygen atoms in total. The van der Waals surface area contributed by atoms with Crippen LogP contribution in [0.4, 0.5) is 23.0 Å². The van der Waals surface area contributed by atoms with Gasteiger partial charge >= 0.3 is 0 Å². The molecule has 0 saturated heterocycles. The Kier molecular flexibility index (Phi) is 3.88. The number of rotatable bonds is 3. The summed E-state index contributed by atoms with van der Waals surface area (Å²) >= 11 is 3.39. The van der Waals surface area contributed by atoms with E-state index in [1.165, 1.54) is 0 Å². The molecule has 3 aromatic rings. The molecule has 7 heteroatoms. The number of halogens is 1. The maximum Gasteiger partial charge on any atom is 0.176 e. The molecule has 110 valence electrons. The number of benzene rings is 2. The Hall–Kier alpha value is -2.67. The van der Waals surface area contributed by atoms with Gasteiger partial charge in [0.15, 0.2) is 17.3 Å². The molecule has 0 radical (unpaired) electrons. The number of nitrogen functional groups attached to an aromatic ring is 2. The lowest BCUT2D eigenvalue weighted by molar-refractivity contribution is 0.896. The maximum atomic E-state index is 6.09. The predicted octanol–water partition coefficient (Wildman–Crippen LogP) is 4.21. The van der Waals surface area contributed by atoms with Gasteiger partial charge in [-0.25, -0.2) is 4.68 Å². The van der Waals surface area contributed by atoms with E-state index in [0.29, 0.717) is 11.5 Å². The SMILES string of the molecule is Nc1nn(-c2ccc(Br)cc2)c(N)c1/N=N/c1ccccc1.